The second kappa shape index (κ2) is 7.20. The predicted molar refractivity (Wildman–Crippen MR) is 98.2 cm³/mol. The van der Waals surface area contributed by atoms with Gasteiger partial charge in [-0.3, -0.25) is 9.59 Å². The van der Waals surface area contributed by atoms with Gasteiger partial charge in [0.1, 0.15) is 0 Å². The number of nitrogens with one attached hydrogen (secondary N) is 1. The summed E-state index contributed by atoms with van der Waals surface area (Å²) in [4.78, 5) is 28.8. The number of hydrogen-bond acceptors (Lipinski definition) is 4. The molecule has 1 saturated heterocycles. The van der Waals surface area contributed by atoms with Crippen LogP contribution in [0, 0.1) is 6.92 Å². The van der Waals surface area contributed by atoms with Crippen LogP contribution in [-0.4, -0.2) is 22.1 Å². The van der Waals surface area contributed by atoms with Gasteiger partial charge < -0.3 is 5.32 Å². The van der Waals surface area contributed by atoms with Crippen molar-refractivity contribution in [1.82, 2.24) is 5.32 Å². The molecule has 0 saturated carbocycles. The minimum absolute atomic E-state index is 0.0871. The summed E-state index contributed by atoms with van der Waals surface area (Å²) in [7, 11) is 0. The first-order valence-corrected chi connectivity index (χ1v) is 8.69. The van der Waals surface area contributed by atoms with E-state index in [0.29, 0.717) is 15.8 Å². The van der Waals surface area contributed by atoms with E-state index in [1.165, 1.54) is 11.8 Å². The third-order valence-corrected chi connectivity index (χ3v) is 4.91. The first kappa shape index (κ1) is 16.7. The van der Waals surface area contributed by atoms with Gasteiger partial charge in [0.05, 0.1) is 10.9 Å². The van der Waals surface area contributed by atoms with Crippen LogP contribution in [0.3, 0.4) is 0 Å². The SMILES string of the molecule is Cc1ccc(N=C2NC(=O)C(CC(=O)c3ccc(Cl)cc3)S2)cc1. The maximum absolute atomic E-state index is 12.3. The number of hydrogen-bond donors (Lipinski definition) is 1. The maximum atomic E-state index is 12.3. The lowest BCUT2D eigenvalue weighted by atomic mass is 10.1. The Labute approximate surface area is 149 Å². The van der Waals surface area contributed by atoms with Gasteiger partial charge in [-0.05, 0) is 43.3 Å². The molecule has 4 nitrogen and oxygen atoms in total. The molecule has 1 aliphatic heterocycles. The van der Waals surface area contributed by atoms with Crippen molar-refractivity contribution >= 4 is 45.9 Å². The number of aryl methyl sites for hydroxylation is 1. The monoisotopic (exact) mass is 358 g/mol. The molecular weight excluding hydrogens is 344 g/mol. The summed E-state index contributed by atoms with van der Waals surface area (Å²) < 4.78 is 0. The van der Waals surface area contributed by atoms with E-state index >= 15 is 0 Å². The summed E-state index contributed by atoms with van der Waals surface area (Å²) >= 11 is 7.11. The summed E-state index contributed by atoms with van der Waals surface area (Å²) in [6.07, 6.45) is 0.130. The van der Waals surface area contributed by atoms with Crippen LogP contribution in [0.25, 0.3) is 0 Å². The average Bonchev–Trinajstić information content (AvgIpc) is 2.89. The van der Waals surface area contributed by atoms with Gasteiger partial charge in [-0.25, -0.2) is 4.99 Å². The number of Topliss-reactive ketones (excluding diaryl/α,β-unsaturated/α-hetero) is 1. The first-order valence-electron chi connectivity index (χ1n) is 7.43. The van der Waals surface area contributed by atoms with Crippen LogP contribution in [0.1, 0.15) is 22.3 Å². The van der Waals surface area contributed by atoms with Gasteiger partial charge in [0.25, 0.3) is 0 Å². The molecule has 1 heterocycles. The van der Waals surface area contributed by atoms with Crippen LogP contribution in [-0.2, 0) is 4.79 Å². The van der Waals surface area contributed by atoms with Crippen LogP contribution in [0.5, 0.6) is 0 Å². The van der Waals surface area contributed by atoms with E-state index in [1.807, 2.05) is 31.2 Å². The van der Waals surface area contributed by atoms with Gasteiger partial charge in [0, 0.05) is 17.0 Å². The molecule has 1 amide bonds. The molecule has 0 spiro atoms. The van der Waals surface area contributed by atoms with Crippen molar-refractivity contribution in [3.8, 4) is 0 Å². The minimum Gasteiger partial charge on any atom is -0.304 e. The number of amides is 1. The normalized spacial score (nSPS) is 18.7. The molecule has 1 atom stereocenters. The average molecular weight is 359 g/mol. The smallest absolute Gasteiger partial charge is 0.240 e. The fourth-order valence-electron chi connectivity index (χ4n) is 2.25. The van der Waals surface area contributed by atoms with Crippen LogP contribution in [0.2, 0.25) is 5.02 Å². The highest BCUT2D eigenvalue weighted by atomic mass is 35.5. The number of amidine groups is 1. The van der Waals surface area contributed by atoms with Gasteiger partial charge in [0.2, 0.25) is 5.91 Å². The van der Waals surface area contributed by atoms with Gasteiger partial charge in [0.15, 0.2) is 11.0 Å². The maximum Gasteiger partial charge on any atom is 0.240 e. The highest BCUT2D eigenvalue weighted by molar-refractivity contribution is 8.15. The van der Waals surface area contributed by atoms with Crippen molar-refractivity contribution in [3.63, 3.8) is 0 Å². The lowest BCUT2D eigenvalue weighted by Gasteiger charge is -2.04. The zero-order valence-electron chi connectivity index (χ0n) is 13.0. The third-order valence-electron chi connectivity index (χ3n) is 3.58. The standard InChI is InChI=1S/C18H15ClN2O2S/c1-11-2-8-14(9-3-11)20-18-21-17(23)16(24-18)10-15(22)12-4-6-13(19)7-5-12/h2-9,16H,10H2,1H3,(H,20,21,23). The molecule has 1 fully saturated rings. The van der Waals surface area contributed by atoms with Crippen LogP contribution < -0.4 is 5.32 Å². The first-order chi connectivity index (χ1) is 11.5. The van der Waals surface area contributed by atoms with Crippen molar-refractivity contribution in [2.75, 3.05) is 0 Å². The van der Waals surface area contributed by atoms with E-state index in [9.17, 15) is 9.59 Å². The van der Waals surface area contributed by atoms with Crippen molar-refractivity contribution in [1.29, 1.82) is 0 Å². The molecule has 0 bridgehead atoms. The number of ketones is 1. The zero-order valence-corrected chi connectivity index (χ0v) is 14.5. The number of nitrogens with zero attached hydrogens (tertiary/aromatic N) is 1. The summed E-state index contributed by atoms with van der Waals surface area (Å²) in [5.74, 6) is -0.274. The number of carbonyl (C=O) groups excluding carboxylic acids is 2. The van der Waals surface area contributed by atoms with E-state index in [0.717, 1.165) is 11.3 Å². The molecule has 1 N–H and O–H groups in total. The lowest BCUT2D eigenvalue weighted by Crippen LogP contribution is -2.26. The van der Waals surface area contributed by atoms with Gasteiger partial charge in [-0.1, -0.05) is 41.1 Å². The Hall–Kier alpha value is -2.11. The second-order valence-corrected chi connectivity index (χ2v) is 7.11. The molecule has 2 aromatic rings. The quantitative estimate of drug-likeness (QED) is 0.835. The van der Waals surface area contributed by atoms with E-state index < -0.39 is 5.25 Å². The third kappa shape index (κ3) is 4.04. The molecule has 0 aromatic heterocycles. The number of rotatable bonds is 4. The molecule has 0 aliphatic carbocycles. The summed E-state index contributed by atoms with van der Waals surface area (Å²) in [5.41, 5.74) is 2.47. The number of thioether (sulfide) groups is 1. The number of halogens is 1. The van der Waals surface area contributed by atoms with Gasteiger partial charge >= 0.3 is 0 Å². The Kier molecular flexibility index (Phi) is 5.02. The van der Waals surface area contributed by atoms with E-state index in [-0.39, 0.29) is 18.1 Å². The lowest BCUT2D eigenvalue weighted by molar-refractivity contribution is -0.118. The van der Waals surface area contributed by atoms with Crippen LogP contribution in [0.15, 0.2) is 53.5 Å². The summed E-state index contributed by atoms with van der Waals surface area (Å²) in [6.45, 7) is 2.00. The predicted octanol–water partition coefficient (Wildman–Crippen LogP) is 4.14. The van der Waals surface area contributed by atoms with Crippen molar-refractivity contribution in [3.05, 3.63) is 64.7 Å². The molecule has 122 valence electrons. The van der Waals surface area contributed by atoms with Crippen LogP contribution in [0.4, 0.5) is 5.69 Å². The van der Waals surface area contributed by atoms with E-state index in [1.54, 1.807) is 24.3 Å². The molecule has 1 unspecified atom stereocenters. The molecule has 3 rings (SSSR count). The Morgan fingerprint density at radius 3 is 2.50 bits per heavy atom. The highest BCUT2D eigenvalue weighted by Crippen LogP contribution is 2.26. The topological polar surface area (TPSA) is 58.5 Å². The fraction of sp³-hybridized carbons (Fsp3) is 0.167. The van der Waals surface area contributed by atoms with Gasteiger partial charge in [-0.2, -0.15) is 0 Å². The van der Waals surface area contributed by atoms with E-state index in [4.69, 9.17) is 11.6 Å². The molecular formula is C18H15ClN2O2S. The second-order valence-electron chi connectivity index (χ2n) is 5.48. The van der Waals surface area contributed by atoms with E-state index in [2.05, 4.69) is 10.3 Å². The summed E-state index contributed by atoms with van der Waals surface area (Å²) in [5, 5.41) is 3.37. The van der Waals surface area contributed by atoms with Crippen molar-refractivity contribution in [2.24, 2.45) is 4.99 Å². The van der Waals surface area contributed by atoms with Crippen molar-refractivity contribution in [2.45, 2.75) is 18.6 Å². The van der Waals surface area contributed by atoms with Gasteiger partial charge in [-0.15, -0.1) is 0 Å². The van der Waals surface area contributed by atoms with Crippen molar-refractivity contribution < 1.29 is 9.59 Å². The molecule has 1 aliphatic rings. The molecule has 2 aromatic carbocycles. The zero-order chi connectivity index (χ0) is 17.1. The Bertz CT molecular complexity index is 801. The molecule has 24 heavy (non-hydrogen) atoms. The van der Waals surface area contributed by atoms with Crippen LogP contribution >= 0.6 is 23.4 Å². The Morgan fingerprint density at radius 1 is 1.17 bits per heavy atom. The number of aliphatic imine (C=N–C) groups is 1. The minimum atomic E-state index is -0.461. The highest BCUT2D eigenvalue weighted by Gasteiger charge is 2.32. The number of benzene rings is 2. The fourth-order valence-corrected chi connectivity index (χ4v) is 3.36. The molecule has 0 radical (unpaired) electrons. The molecule has 6 heteroatoms. The number of carbonyl (C=O) groups is 2. The Morgan fingerprint density at radius 2 is 1.83 bits per heavy atom. The summed E-state index contributed by atoms with van der Waals surface area (Å²) in [6, 6.07) is 14.4. The Balaban J connectivity index is 1.67. The largest absolute Gasteiger partial charge is 0.304 e.